The maximum atomic E-state index is 11.7. The van der Waals surface area contributed by atoms with Crippen LogP contribution in [0.5, 0.6) is 0 Å². The molecule has 0 bridgehead atoms. The number of hydrogen-bond donors (Lipinski definition) is 3. The fourth-order valence-electron chi connectivity index (χ4n) is 2.04. The van der Waals surface area contributed by atoms with E-state index in [0.29, 0.717) is 19.5 Å². The zero-order valence-corrected chi connectivity index (χ0v) is 12.7. The van der Waals surface area contributed by atoms with Gasteiger partial charge in [0, 0.05) is 25.0 Å². The first-order chi connectivity index (χ1) is 9.28. The summed E-state index contributed by atoms with van der Waals surface area (Å²) >= 11 is 0. The molecule has 0 radical (unpaired) electrons. The highest BCUT2D eigenvalue weighted by atomic mass is 16.3. The molecule has 0 aliphatic heterocycles. The summed E-state index contributed by atoms with van der Waals surface area (Å²) in [6.07, 6.45) is 2.04. The van der Waals surface area contributed by atoms with Crippen LogP contribution in [0.15, 0.2) is 18.3 Å². The summed E-state index contributed by atoms with van der Waals surface area (Å²) in [6, 6.07) is 3.66. The predicted octanol–water partition coefficient (Wildman–Crippen LogP) is 1.99. The number of carbonyl (C=O) groups excluding carboxylic acids is 1. The van der Waals surface area contributed by atoms with Crippen LogP contribution in [0.25, 0.3) is 0 Å². The SMILES string of the molecule is Cc1ccc(CNC(=O)NCC(C)(C)C[C@@H](C)O)cn1. The van der Waals surface area contributed by atoms with Gasteiger partial charge in [-0.2, -0.15) is 0 Å². The number of aryl methyl sites for hydroxylation is 1. The molecule has 1 aromatic heterocycles. The second kappa shape index (κ2) is 7.24. The lowest BCUT2D eigenvalue weighted by atomic mass is 9.87. The summed E-state index contributed by atoms with van der Waals surface area (Å²) in [4.78, 5) is 15.9. The number of aliphatic hydroxyl groups is 1. The van der Waals surface area contributed by atoms with E-state index >= 15 is 0 Å². The van der Waals surface area contributed by atoms with Crippen molar-refractivity contribution in [3.8, 4) is 0 Å². The molecule has 20 heavy (non-hydrogen) atoms. The van der Waals surface area contributed by atoms with E-state index in [2.05, 4.69) is 15.6 Å². The number of aliphatic hydroxyl groups excluding tert-OH is 1. The molecule has 0 fully saturated rings. The molecule has 0 unspecified atom stereocenters. The Hall–Kier alpha value is -1.62. The number of aromatic nitrogens is 1. The van der Waals surface area contributed by atoms with Crippen LogP contribution in [0.1, 0.15) is 38.4 Å². The van der Waals surface area contributed by atoms with Gasteiger partial charge in [0.05, 0.1) is 6.10 Å². The molecule has 112 valence electrons. The highest BCUT2D eigenvalue weighted by molar-refractivity contribution is 5.73. The lowest BCUT2D eigenvalue weighted by Crippen LogP contribution is -2.41. The first-order valence-electron chi connectivity index (χ1n) is 6.90. The largest absolute Gasteiger partial charge is 0.393 e. The highest BCUT2D eigenvalue weighted by Gasteiger charge is 2.20. The van der Waals surface area contributed by atoms with Crippen molar-refractivity contribution in [1.82, 2.24) is 15.6 Å². The van der Waals surface area contributed by atoms with E-state index in [9.17, 15) is 9.90 Å². The standard InChI is InChI=1S/C15H25N3O2/c1-11-5-6-13(8-16-11)9-17-14(20)18-10-15(3,4)7-12(2)19/h5-6,8,12,19H,7,9-10H2,1-4H3,(H2,17,18,20)/t12-/m1/s1. The number of pyridine rings is 1. The Kier molecular flexibility index (Phi) is 5.95. The first-order valence-corrected chi connectivity index (χ1v) is 6.90. The maximum absolute atomic E-state index is 11.7. The lowest BCUT2D eigenvalue weighted by molar-refractivity contribution is 0.129. The van der Waals surface area contributed by atoms with Crippen LogP contribution in [0.3, 0.4) is 0 Å². The van der Waals surface area contributed by atoms with Gasteiger partial charge in [0.1, 0.15) is 0 Å². The van der Waals surface area contributed by atoms with Crippen molar-refractivity contribution in [1.29, 1.82) is 0 Å². The molecular formula is C15H25N3O2. The summed E-state index contributed by atoms with van der Waals surface area (Å²) in [6.45, 7) is 8.69. The Balaban J connectivity index is 2.32. The Morgan fingerprint density at radius 2 is 2.10 bits per heavy atom. The minimum atomic E-state index is -0.367. The van der Waals surface area contributed by atoms with Crippen LogP contribution < -0.4 is 10.6 Å². The molecule has 3 N–H and O–H groups in total. The first kappa shape index (κ1) is 16.4. The average Bonchev–Trinajstić information content (AvgIpc) is 2.34. The van der Waals surface area contributed by atoms with E-state index in [1.54, 1.807) is 13.1 Å². The molecule has 0 saturated carbocycles. The van der Waals surface area contributed by atoms with Crippen LogP contribution >= 0.6 is 0 Å². The van der Waals surface area contributed by atoms with Crippen molar-refractivity contribution in [2.24, 2.45) is 5.41 Å². The summed E-state index contributed by atoms with van der Waals surface area (Å²) in [7, 11) is 0. The topological polar surface area (TPSA) is 74.2 Å². The Morgan fingerprint density at radius 1 is 1.40 bits per heavy atom. The van der Waals surface area contributed by atoms with E-state index in [1.165, 1.54) is 0 Å². The second-order valence-corrected chi connectivity index (χ2v) is 6.06. The van der Waals surface area contributed by atoms with Crippen LogP contribution in [-0.2, 0) is 6.54 Å². The second-order valence-electron chi connectivity index (χ2n) is 6.06. The third-order valence-electron chi connectivity index (χ3n) is 3.00. The number of carbonyl (C=O) groups is 1. The minimum absolute atomic E-state index is 0.128. The normalized spacial score (nSPS) is 12.8. The van der Waals surface area contributed by atoms with Crippen LogP contribution in [0.2, 0.25) is 0 Å². The zero-order chi connectivity index (χ0) is 15.2. The Morgan fingerprint density at radius 3 is 2.65 bits per heavy atom. The van der Waals surface area contributed by atoms with Crippen molar-refractivity contribution >= 4 is 6.03 Å². The van der Waals surface area contributed by atoms with Gasteiger partial charge >= 0.3 is 6.03 Å². The fourth-order valence-corrected chi connectivity index (χ4v) is 2.04. The van der Waals surface area contributed by atoms with E-state index in [0.717, 1.165) is 11.3 Å². The van der Waals surface area contributed by atoms with Crippen molar-refractivity contribution in [3.63, 3.8) is 0 Å². The van der Waals surface area contributed by atoms with E-state index < -0.39 is 0 Å². The van der Waals surface area contributed by atoms with Crippen molar-refractivity contribution in [2.45, 2.75) is 46.8 Å². The van der Waals surface area contributed by atoms with Crippen LogP contribution in [0, 0.1) is 12.3 Å². The molecular weight excluding hydrogens is 254 g/mol. The maximum Gasteiger partial charge on any atom is 0.315 e. The third-order valence-corrected chi connectivity index (χ3v) is 3.00. The van der Waals surface area contributed by atoms with Crippen LogP contribution in [-0.4, -0.2) is 28.8 Å². The Labute approximate surface area is 120 Å². The van der Waals surface area contributed by atoms with E-state index in [1.807, 2.05) is 32.9 Å². The molecule has 0 aromatic carbocycles. The van der Waals surface area contributed by atoms with Gasteiger partial charge in [0.15, 0.2) is 0 Å². The third kappa shape index (κ3) is 6.52. The van der Waals surface area contributed by atoms with Crippen molar-refractivity contribution in [2.75, 3.05) is 6.54 Å². The molecule has 0 aliphatic carbocycles. The van der Waals surface area contributed by atoms with Gasteiger partial charge in [-0.1, -0.05) is 19.9 Å². The van der Waals surface area contributed by atoms with E-state index in [4.69, 9.17) is 0 Å². The van der Waals surface area contributed by atoms with Gasteiger partial charge in [-0.05, 0) is 37.3 Å². The Bertz CT molecular complexity index is 427. The molecule has 1 rings (SSSR count). The average molecular weight is 279 g/mol. The molecule has 0 saturated heterocycles. The van der Waals surface area contributed by atoms with Gasteiger partial charge in [0.2, 0.25) is 0 Å². The molecule has 5 nitrogen and oxygen atoms in total. The highest BCUT2D eigenvalue weighted by Crippen LogP contribution is 2.20. The fraction of sp³-hybridized carbons (Fsp3) is 0.600. The van der Waals surface area contributed by atoms with Gasteiger partial charge < -0.3 is 15.7 Å². The zero-order valence-electron chi connectivity index (χ0n) is 12.7. The molecule has 5 heteroatoms. The summed E-state index contributed by atoms with van der Waals surface area (Å²) in [5.74, 6) is 0. The summed E-state index contributed by atoms with van der Waals surface area (Å²) in [5, 5.41) is 15.0. The molecule has 0 spiro atoms. The summed E-state index contributed by atoms with van der Waals surface area (Å²) in [5.41, 5.74) is 1.80. The smallest absolute Gasteiger partial charge is 0.315 e. The van der Waals surface area contributed by atoms with Gasteiger partial charge in [-0.3, -0.25) is 4.98 Å². The monoisotopic (exact) mass is 279 g/mol. The lowest BCUT2D eigenvalue weighted by Gasteiger charge is -2.26. The van der Waals surface area contributed by atoms with Gasteiger partial charge in [0.25, 0.3) is 0 Å². The molecule has 0 aliphatic rings. The van der Waals surface area contributed by atoms with Crippen LogP contribution in [0.4, 0.5) is 4.79 Å². The van der Waals surface area contributed by atoms with Gasteiger partial charge in [-0.15, -0.1) is 0 Å². The van der Waals surface area contributed by atoms with Crippen molar-refractivity contribution < 1.29 is 9.90 Å². The number of urea groups is 1. The number of amides is 2. The minimum Gasteiger partial charge on any atom is -0.393 e. The predicted molar refractivity (Wildman–Crippen MR) is 79.3 cm³/mol. The molecule has 1 aromatic rings. The van der Waals surface area contributed by atoms with Gasteiger partial charge in [-0.25, -0.2) is 4.79 Å². The number of nitrogens with zero attached hydrogens (tertiary/aromatic N) is 1. The number of nitrogens with one attached hydrogen (secondary N) is 2. The summed E-state index contributed by atoms with van der Waals surface area (Å²) < 4.78 is 0. The molecule has 1 atom stereocenters. The van der Waals surface area contributed by atoms with Crippen molar-refractivity contribution in [3.05, 3.63) is 29.6 Å². The molecule has 2 amide bonds. The number of hydrogen-bond acceptors (Lipinski definition) is 3. The quantitative estimate of drug-likeness (QED) is 0.745. The molecule has 1 heterocycles. The number of rotatable bonds is 6. The van der Waals surface area contributed by atoms with E-state index in [-0.39, 0.29) is 17.6 Å².